The Morgan fingerprint density at radius 1 is 1.43 bits per heavy atom. The van der Waals surface area contributed by atoms with Crippen molar-refractivity contribution in [1.82, 2.24) is 0 Å². The summed E-state index contributed by atoms with van der Waals surface area (Å²) in [5.74, 6) is -1.20. The van der Waals surface area contributed by atoms with Crippen molar-refractivity contribution in [1.29, 1.82) is 0 Å². The number of anilines is 1. The normalized spacial score (nSPS) is 9.79. The van der Waals surface area contributed by atoms with E-state index >= 15 is 0 Å². The first-order valence-corrected chi connectivity index (χ1v) is 4.41. The highest BCUT2D eigenvalue weighted by Gasteiger charge is 2.00. The van der Waals surface area contributed by atoms with Gasteiger partial charge in [0, 0.05) is 24.4 Å². The van der Waals surface area contributed by atoms with Crippen LogP contribution in [-0.2, 0) is 0 Å². The van der Waals surface area contributed by atoms with Gasteiger partial charge in [0.1, 0.15) is 0 Å². The van der Waals surface area contributed by atoms with Crippen molar-refractivity contribution < 1.29 is 15.0 Å². The molecule has 0 bridgehead atoms. The summed E-state index contributed by atoms with van der Waals surface area (Å²) >= 11 is 0. The highest BCUT2D eigenvalue weighted by molar-refractivity contribution is 5.92. The van der Waals surface area contributed by atoms with Crippen molar-refractivity contribution >= 4 is 11.7 Å². The molecule has 0 saturated heterocycles. The molecule has 1 aromatic carbocycles. The van der Waals surface area contributed by atoms with Crippen molar-refractivity contribution in [3.8, 4) is 0 Å². The summed E-state index contributed by atoms with van der Waals surface area (Å²) in [6.07, 6.45) is 0.585. The van der Waals surface area contributed by atoms with E-state index in [-0.39, 0.29) is 12.2 Å². The summed E-state index contributed by atoms with van der Waals surface area (Å²) in [5.41, 5.74) is 0.673. The van der Waals surface area contributed by atoms with E-state index in [9.17, 15) is 9.90 Å². The molecule has 0 spiro atoms. The lowest BCUT2D eigenvalue weighted by molar-refractivity contribution is -0.254. The smallest absolute Gasteiger partial charge is 0.0736 e. The number of carboxylic acids is 1. The van der Waals surface area contributed by atoms with Gasteiger partial charge in [-0.05, 0) is 12.5 Å². The molecule has 1 aromatic rings. The van der Waals surface area contributed by atoms with Crippen molar-refractivity contribution in [2.75, 3.05) is 18.5 Å². The van der Waals surface area contributed by atoms with Crippen LogP contribution in [0.5, 0.6) is 0 Å². The maximum atomic E-state index is 10.7. The van der Waals surface area contributed by atoms with Gasteiger partial charge in [0.2, 0.25) is 0 Å². The number of aromatic carboxylic acids is 1. The fraction of sp³-hybridized carbons (Fsp3) is 0.300. The average molecular weight is 194 g/mol. The number of benzene rings is 1. The first-order chi connectivity index (χ1) is 6.75. The number of aliphatic hydroxyl groups excluding tert-OH is 1. The van der Waals surface area contributed by atoms with Crippen LogP contribution in [0, 0.1) is 0 Å². The second-order valence-corrected chi connectivity index (χ2v) is 2.84. The minimum Gasteiger partial charge on any atom is -0.545 e. The number of para-hydroxylation sites is 1. The third kappa shape index (κ3) is 2.74. The third-order valence-electron chi connectivity index (χ3n) is 1.80. The minimum atomic E-state index is -1.20. The van der Waals surface area contributed by atoms with Crippen LogP contribution in [0.4, 0.5) is 5.69 Å². The van der Waals surface area contributed by atoms with Crippen LogP contribution in [0.15, 0.2) is 24.3 Å². The van der Waals surface area contributed by atoms with Crippen LogP contribution >= 0.6 is 0 Å². The SMILES string of the molecule is O=C([O-])c1ccccc1NCCCO. The highest BCUT2D eigenvalue weighted by Crippen LogP contribution is 2.13. The molecule has 0 radical (unpaired) electrons. The average Bonchev–Trinajstić information content (AvgIpc) is 2.19. The Kier molecular flexibility index (Phi) is 3.94. The predicted molar refractivity (Wildman–Crippen MR) is 51.0 cm³/mol. The molecule has 76 valence electrons. The molecule has 14 heavy (non-hydrogen) atoms. The number of carboxylic acid groups (broad SMARTS) is 1. The molecule has 0 amide bonds. The second kappa shape index (κ2) is 5.24. The molecule has 4 nitrogen and oxygen atoms in total. The number of nitrogens with one attached hydrogen (secondary N) is 1. The van der Waals surface area contributed by atoms with Crippen LogP contribution in [0.2, 0.25) is 0 Å². The van der Waals surface area contributed by atoms with Gasteiger partial charge in [-0.2, -0.15) is 0 Å². The molecule has 0 fully saturated rings. The van der Waals surface area contributed by atoms with E-state index in [1.54, 1.807) is 18.2 Å². The number of aliphatic hydroxyl groups is 1. The molecule has 0 heterocycles. The Morgan fingerprint density at radius 2 is 2.14 bits per heavy atom. The molecule has 0 saturated carbocycles. The van der Waals surface area contributed by atoms with Gasteiger partial charge in [-0.1, -0.05) is 18.2 Å². The first kappa shape index (κ1) is 10.5. The molecule has 0 aliphatic rings. The van der Waals surface area contributed by atoms with E-state index < -0.39 is 5.97 Å². The van der Waals surface area contributed by atoms with Crippen LogP contribution < -0.4 is 10.4 Å². The summed E-state index contributed by atoms with van der Waals surface area (Å²) in [5, 5.41) is 22.1. The maximum Gasteiger partial charge on any atom is 0.0736 e. The van der Waals surface area contributed by atoms with Crippen LogP contribution in [0.1, 0.15) is 16.8 Å². The topological polar surface area (TPSA) is 72.4 Å². The molecule has 4 heteroatoms. The predicted octanol–water partition coefficient (Wildman–Crippen LogP) is -0.156. The van der Waals surface area contributed by atoms with Crippen LogP contribution in [0.3, 0.4) is 0 Å². The van der Waals surface area contributed by atoms with Gasteiger partial charge in [-0.3, -0.25) is 0 Å². The van der Waals surface area contributed by atoms with Gasteiger partial charge in [0.15, 0.2) is 0 Å². The molecular formula is C10H12NO3-. The van der Waals surface area contributed by atoms with E-state index in [0.717, 1.165) is 0 Å². The molecule has 0 aliphatic carbocycles. The molecule has 0 aromatic heterocycles. The fourth-order valence-corrected chi connectivity index (χ4v) is 1.12. The highest BCUT2D eigenvalue weighted by atomic mass is 16.4. The Balaban J connectivity index is 2.69. The monoisotopic (exact) mass is 194 g/mol. The van der Waals surface area contributed by atoms with E-state index in [1.807, 2.05) is 0 Å². The second-order valence-electron chi connectivity index (χ2n) is 2.84. The number of carbonyl (C=O) groups excluding carboxylic acids is 1. The largest absolute Gasteiger partial charge is 0.545 e. The van der Waals surface area contributed by atoms with Gasteiger partial charge in [-0.25, -0.2) is 0 Å². The summed E-state index contributed by atoms with van der Waals surface area (Å²) in [7, 11) is 0. The minimum absolute atomic E-state index is 0.0838. The van der Waals surface area contributed by atoms with Crippen LogP contribution in [0.25, 0.3) is 0 Å². The first-order valence-electron chi connectivity index (χ1n) is 4.41. The van der Waals surface area contributed by atoms with Gasteiger partial charge < -0.3 is 20.3 Å². The Hall–Kier alpha value is -1.55. The van der Waals surface area contributed by atoms with Gasteiger partial charge >= 0.3 is 0 Å². The maximum absolute atomic E-state index is 10.7. The summed E-state index contributed by atoms with van der Waals surface area (Å²) in [4.78, 5) is 10.7. The molecule has 0 unspecified atom stereocenters. The van der Waals surface area contributed by atoms with Crippen molar-refractivity contribution in [3.63, 3.8) is 0 Å². The fourth-order valence-electron chi connectivity index (χ4n) is 1.12. The number of hydrogen-bond acceptors (Lipinski definition) is 4. The zero-order valence-electron chi connectivity index (χ0n) is 7.69. The lowest BCUT2D eigenvalue weighted by atomic mass is 10.2. The number of rotatable bonds is 5. The van der Waals surface area contributed by atoms with Crippen LogP contribution in [-0.4, -0.2) is 24.2 Å². The lowest BCUT2D eigenvalue weighted by Crippen LogP contribution is -2.23. The van der Waals surface area contributed by atoms with E-state index in [1.165, 1.54) is 6.07 Å². The molecule has 0 atom stereocenters. The van der Waals surface area contributed by atoms with Crippen molar-refractivity contribution in [2.45, 2.75) is 6.42 Å². The lowest BCUT2D eigenvalue weighted by Gasteiger charge is -2.11. The zero-order valence-corrected chi connectivity index (χ0v) is 7.69. The standard InChI is InChI=1S/C10H13NO3/c12-7-3-6-11-9-5-2-1-4-8(9)10(13)14/h1-2,4-5,11-12H,3,6-7H2,(H,13,14)/p-1. The number of carbonyl (C=O) groups is 1. The van der Waals surface area contributed by atoms with Gasteiger partial charge in [-0.15, -0.1) is 0 Å². The molecule has 1 rings (SSSR count). The summed E-state index contributed by atoms with van der Waals surface area (Å²) in [6.45, 7) is 0.626. The van der Waals surface area contributed by atoms with Crippen molar-refractivity contribution in [3.05, 3.63) is 29.8 Å². The van der Waals surface area contributed by atoms with Gasteiger partial charge in [0.25, 0.3) is 0 Å². The zero-order chi connectivity index (χ0) is 10.4. The number of hydrogen-bond donors (Lipinski definition) is 2. The van der Waals surface area contributed by atoms with E-state index in [0.29, 0.717) is 18.7 Å². The molecular weight excluding hydrogens is 182 g/mol. The Labute approximate surface area is 82.2 Å². The quantitative estimate of drug-likeness (QED) is 0.639. The van der Waals surface area contributed by atoms with E-state index in [4.69, 9.17) is 5.11 Å². The summed E-state index contributed by atoms with van der Waals surface area (Å²) < 4.78 is 0. The molecule has 2 N–H and O–H groups in total. The van der Waals surface area contributed by atoms with Gasteiger partial charge in [0.05, 0.1) is 5.97 Å². The molecule has 0 aliphatic heterocycles. The van der Waals surface area contributed by atoms with Crippen molar-refractivity contribution in [2.24, 2.45) is 0 Å². The Bertz CT molecular complexity index is 312. The third-order valence-corrected chi connectivity index (χ3v) is 1.80. The Morgan fingerprint density at radius 3 is 2.79 bits per heavy atom. The van der Waals surface area contributed by atoms with E-state index in [2.05, 4.69) is 5.32 Å². The summed E-state index contributed by atoms with van der Waals surface area (Å²) in [6, 6.07) is 6.54.